The Morgan fingerprint density at radius 3 is 2.26 bits per heavy atom. The molecular formula is C18H18F3N3O3. The summed E-state index contributed by atoms with van der Waals surface area (Å²) in [4.78, 5) is 23.6. The second-order valence-corrected chi connectivity index (χ2v) is 6.24. The highest BCUT2D eigenvalue weighted by Gasteiger charge is 2.29. The molecule has 144 valence electrons. The van der Waals surface area contributed by atoms with Crippen molar-refractivity contribution in [1.82, 2.24) is 10.2 Å². The molecule has 0 aromatic heterocycles. The average molecular weight is 381 g/mol. The molecule has 1 atom stereocenters. The van der Waals surface area contributed by atoms with Crippen molar-refractivity contribution in [2.75, 3.05) is 20.6 Å². The number of hydrogen-bond acceptors (Lipinski definition) is 4. The molecule has 0 aliphatic rings. The highest BCUT2D eigenvalue weighted by Crippen LogP contribution is 2.25. The van der Waals surface area contributed by atoms with Crippen LogP contribution in [-0.4, -0.2) is 36.4 Å². The van der Waals surface area contributed by atoms with Crippen LogP contribution in [0.3, 0.4) is 0 Å². The third-order valence-electron chi connectivity index (χ3n) is 4.11. The van der Waals surface area contributed by atoms with Crippen molar-refractivity contribution < 1.29 is 22.9 Å². The van der Waals surface area contributed by atoms with Gasteiger partial charge in [-0.25, -0.2) is 8.78 Å². The summed E-state index contributed by atoms with van der Waals surface area (Å²) in [5.74, 6) is -6.85. The predicted molar refractivity (Wildman–Crippen MR) is 92.9 cm³/mol. The van der Waals surface area contributed by atoms with Gasteiger partial charge in [-0.15, -0.1) is 0 Å². The molecule has 1 unspecified atom stereocenters. The largest absolute Gasteiger partial charge is 0.350 e. The van der Waals surface area contributed by atoms with Crippen LogP contribution in [0, 0.1) is 34.5 Å². The first-order valence-electron chi connectivity index (χ1n) is 7.96. The summed E-state index contributed by atoms with van der Waals surface area (Å²) in [6.07, 6.45) is 0. The number of amides is 1. The summed E-state index contributed by atoms with van der Waals surface area (Å²) >= 11 is 0. The first-order valence-corrected chi connectivity index (χ1v) is 7.96. The molecule has 2 aromatic rings. The molecule has 0 saturated heterocycles. The number of carbonyl (C=O) groups is 1. The van der Waals surface area contributed by atoms with Gasteiger partial charge in [-0.1, -0.05) is 29.8 Å². The van der Waals surface area contributed by atoms with Gasteiger partial charge >= 0.3 is 5.69 Å². The number of aryl methyl sites for hydroxylation is 1. The van der Waals surface area contributed by atoms with Crippen LogP contribution in [0.25, 0.3) is 0 Å². The second kappa shape index (κ2) is 8.17. The number of nitrogens with one attached hydrogen (secondary N) is 1. The van der Waals surface area contributed by atoms with Gasteiger partial charge in [-0.2, -0.15) is 4.39 Å². The minimum absolute atomic E-state index is 0.0289. The molecule has 27 heavy (non-hydrogen) atoms. The standard InChI is InChI=1S/C18H18F3N3O3/c1-10-4-6-11(7-5-10)14(23(2)3)9-22-18(25)12-8-13(24(26)27)16(20)17(21)15(12)19/h4-8,14H,9H2,1-3H3,(H,22,25). The zero-order chi connectivity index (χ0) is 20.3. The van der Waals surface area contributed by atoms with Crippen LogP contribution in [-0.2, 0) is 0 Å². The molecule has 0 aliphatic heterocycles. The normalized spacial score (nSPS) is 12.1. The molecular weight excluding hydrogens is 363 g/mol. The molecule has 0 heterocycles. The zero-order valence-electron chi connectivity index (χ0n) is 14.9. The van der Waals surface area contributed by atoms with Crippen molar-refractivity contribution in [1.29, 1.82) is 0 Å². The smallest absolute Gasteiger partial charge is 0.308 e. The van der Waals surface area contributed by atoms with E-state index in [-0.39, 0.29) is 12.6 Å². The third kappa shape index (κ3) is 4.43. The fourth-order valence-electron chi connectivity index (χ4n) is 2.56. The van der Waals surface area contributed by atoms with Gasteiger partial charge in [-0.05, 0) is 26.6 Å². The summed E-state index contributed by atoms with van der Waals surface area (Å²) in [5, 5.41) is 13.2. The van der Waals surface area contributed by atoms with E-state index in [2.05, 4.69) is 5.32 Å². The maximum absolute atomic E-state index is 13.9. The molecule has 0 radical (unpaired) electrons. The molecule has 0 fully saturated rings. The molecule has 2 rings (SSSR count). The maximum Gasteiger partial charge on any atom is 0.308 e. The van der Waals surface area contributed by atoms with E-state index in [1.807, 2.05) is 36.1 Å². The van der Waals surface area contributed by atoms with Gasteiger partial charge < -0.3 is 10.2 Å². The fraction of sp³-hybridized carbons (Fsp3) is 0.278. The van der Waals surface area contributed by atoms with Gasteiger partial charge in [-0.3, -0.25) is 14.9 Å². The molecule has 6 nitrogen and oxygen atoms in total. The van der Waals surface area contributed by atoms with Crippen molar-refractivity contribution in [2.24, 2.45) is 0 Å². The van der Waals surface area contributed by atoms with Crippen molar-refractivity contribution in [3.8, 4) is 0 Å². The highest BCUT2D eigenvalue weighted by molar-refractivity contribution is 5.95. The average Bonchev–Trinajstić information content (AvgIpc) is 2.60. The van der Waals surface area contributed by atoms with Crippen LogP contribution < -0.4 is 5.32 Å². The van der Waals surface area contributed by atoms with E-state index in [1.165, 1.54) is 0 Å². The van der Waals surface area contributed by atoms with Crippen molar-refractivity contribution in [2.45, 2.75) is 13.0 Å². The Hall–Kier alpha value is -2.94. The summed E-state index contributed by atoms with van der Waals surface area (Å²) in [6, 6.07) is 7.64. The second-order valence-electron chi connectivity index (χ2n) is 6.24. The lowest BCUT2D eigenvalue weighted by Crippen LogP contribution is -2.35. The van der Waals surface area contributed by atoms with Crippen LogP contribution in [0.2, 0.25) is 0 Å². The Labute approximate surface area is 153 Å². The van der Waals surface area contributed by atoms with E-state index in [9.17, 15) is 28.1 Å². The van der Waals surface area contributed by atoms with E-state index < -0.39 is 39.5 Å². The molecule has 1 amide bonds. The summed E-state index contributed by atoms with van der Waals surface area (Å²) in [5.41, 5.74) is -0.303. The van der Waals surface area contributed by atoms with Crippen molar-refractivity contribution in [3.63, 3.8) is 0 Å². The Bertz CT molecular complexity index is 870. The van der Waals surface area contributed by atoms with Gasteiger partial charge in [0.2, 0.25) is 11.6 Å². The minimum atomic E-state index is -2.06. The predicted octanol–water partition coefficient (Wildman–Crippen LogP) is 3.35. The Balaban J connectivity index is 2.26. The van der Waals surface area contributed by atoms with Crippen molar-refractivity contribution >= 4 is 11.6 Å². The Morgan fingerprint density at radius 2 is 1.74 bits per heavy atom. The quantitative estimate of drug-likeness (QED) is 0.473. The molecule has 0 aliphatic carbocycles. The van der Waals surface area contributed by atoms with Crippen LogP contribution >= 0.6 is 0 Å². The SMILES string of the molecule is Cc1ccc(C(CNC(=O)c2cc([N+](=O)[O-])c(F)c(F)c2F)N(C)C)cc1. The van der Waals surface area contributed by atoms with E-state index >= 15 is 0 Å². The Kier molecular flexibility index (Phi) is 6.17. The first-order chi connectivity index (χ1) is 12.6. The number of nitro groups is 1. The van der Waals surface area contributed by atoms with Gasteiger partial charge in [0, 0.05) is 12.6 Å². The molecule has 1 N–H and O–H groups in total. The molecule has 0 bridgehead atoms. The van der Waals surface area contributed by atoms with E-state index in [1.54, 1.807) is 14.1 Å². The van der Waals surface area contributed by atoms with E-state index in [0.717, 1.165) is 11.1 Å². The lowest BCUT2D eigenvalue weighted by molar-refractivity contribution is -0.387. The van der Waals surface area contributed by atoms with Crippen LogP contribution in [0.15, 0.2) is 30.3 Å². The topological polar surface area (TPSA) is 75.5 Å². The molecule has 0 saturated carbocycles. The number of rotatable bonds is 6. The monoisotopic (exact) mass is 381 g/mol. The third-order valence-corrected chi connectivity index (χ3v) is 4.11. The Morgan fingerprint density at radius 1 is 1.15 bits per heavy atom. The lowest BCUT2D eigenvalue weighted by atomic mass is 10.0. The maximum atomic E-state index is 13.9. The lowest BCUT2D eigenvalue weighted by Gasteiger charge is -2.25. The zero-order valence-corrected chi connectivity index (χ0v) is 14.9. The number of benzene rings is 2. The molecule has 2 aromatic carbocycles. The van der Waals surface area contributed by atoms with Crippen LogP contribution in [0.1, 0.15) is 27.5 Å². The van der Waals surface area contributed by atoms with Crippen molar-refractivity contribution in [3.05, 3.63) is 74.6 Å². The summed E-state index contributed by atoms with van der Waals surface area (Å²) in [7, 11) is 3.55. The van der Waals surface area contributed by atoms with Gasteiger partial charge in [0.05, 0.1) is 16.5 Å². The molecule has 0 spiro atoms. The summed E-state index contributed by atoms with van der Waals surface area (Å²) < 4.78 is 40.9. The fourth-order valence-corrected chi connectivity index (χ4v) is 2.56. The van der Waals surface area contributed by atoms with E-state index in [4.69, 9.17) is 0 Å². The minimum Gasteiger partial charge on any atom is -0.350 e. The molecule has 9 heteroatoms. The number of carbonyl (C=O) groups excluding carboxylic acids is 1. The number of nitro benzene ring substituents is 1. The number of hydrogen-bond donors (Lipinski definition) is 1. The van der Waals surface area contributed by atoms with E-state index in [0.29, 0.717) is 6.07 Å². The van der Waals surface area contributed by atoms with Gasteiger partial charge in [0.25, 0.3) is 5.91 Å². The number of likely N-dealkylation sites (N-methyl/N-ethyl adjacent to an activating group) is 1. The van der Waals surface area contributed by atoms with Gasteiger partial charge in [0.15, 0.2) is 5.82 Å². The van der Waals surface area contributed by atoms with Crippen LogP contribution in [0.5, 0.6) is 0 Å². The first kappa shape index (κ1) is 20.4. The van der Waals surface area contributed by atoms with Gasteiger partial charge in [0.1, 0.15) is 0 Å². The number of halogens is 3. The summed E-state index contributed by atoms with van der Waals surface area (Å²) in [6.45, 7) is 1.95. The highest BCUT2D eigenvalue weighted by atomic mass is 19.2. The van der Waals surface area contributed by atoms with Crippen LogP contribution in [0.4, 0.5) is 18.9 Å². The number of nitrogens with zero attached hydrogens (tertiary/aromatic N) is 2.